The maximum atomic E-state index is 12.7. The molecule has 1 aliphatic heterocycles. The number of carbonyl (C=O) groups excluding carboxylic acids is 4. The van der Waals surface area contributed by atoms with E-state index < -0.39 is 24.5 Å². The molecule has 1 N–H and O–H groups in total. The Kier molecular flexibility index (Phi) is 5.25. The van der Waals surface area contributed by atoms with Crippen LogP contribution in [0.2, 0.25) is 5.02 Å². The van der Waals surface area contributed by atoms with Gasteiger partial charge in [-0.3, -0.25) is 19.3 Å². The molecule has 2 bridgehead atoms. The van der Waals surface area contributed by atoms with Gasteiger partial charge in [0.1, 0.15) is 6.04 Å². The topological polar surface area (TPSA) is 92.8 Å². The highest BCUT2D eigenvalue weighted by molar-refractivity contribution is 9.10. The van der Waals surface area contributed by atoms with E-state index in [-0.39, 0.29) is 35.5 Å². The van der Waals surface area contributed by atoms with E-state index in [9.17, 15) is 19.2 Å². The Labute approximate surface area is 180 Å². The average Bonchev–Trinajstić information content (AvgIpc) is 3.36. The van der Waals surface area contributed by atoms with Gasteiger partial charge in [-0.15, -0.1) is 0 Å². The Morgan fingerprint density at radius 3 is 2.45 bits per heavy atom. The van der Waals surface area contributed by atoms with Gasteiger partial charge >= 0.3 is 5.97 Å². The minimum Gasteiger partial charge on any atom is -0.454 e. The molecule has 4 rings (SSSR count). The second kappa shape index (κ2) is 7.57. The van der Waals surface area contributed by atoms with Crippen LogP contribution in [0.3, 0.4) is 0 Å². The van der Waals surface area contributed by atoms with Crippen LogP contribution in [0.1, 0.15) is 13.3 Å². The van der Waals surface area contributed by atoms with Gasteiger partial charge in [-0.2, -0.15) is 0 Å². The molecule has 0 aromatic heterocycles. The number of nitrogens with zero attached hydrogens (tertiary/aromatic N) is 1. The molecule has 1 aromatic rings. The normalized spacial score (nSPS) is 27.9. The molecule has 0 spiro atoms. The zero-order valence-corrected chi connectivity index (χ0v) is 17.8. The zero-order valence-electron chi connectivity index (χ0n) is 15.4. The number of imide groups is 1. The van der Waals surface area contributed by atoms with Crippen molar-refractivity contribution in [3.8, 4) is 0 Å². The molecule has 2 fully saturated rings. The first-order valence-corrected chi connectivity index (χ1v) is 10.4. The predicted octanol–water partition coefficient (Wildman–Crippen LogP) is 2.78. The molecular formula is C20H18BrClN2O5. The molecular weight excluding hydrogens is 464 g/mol. The molecule has 5 atom stereocenters. The number of esters is 1. The number of hydrogen-bond acceptors (Lipinski definition) is 5. The van der Waals surface area contributed by atoms with Crippen LogP contribution in [0.25, 0.3) is 0 Å². The summed E-state index contributed by atoms with van der Waals surface area (Å²) >= 11 is 9.23. The number of allylic oxidation sites excluding steroid dienone is 2. The van der Waals surface area contributed by atoms with E-state index in [4.69, 9.17) is 16.3 Å². The highest BCUT2D eigenvalue weighted by Crippen LogP contribution is 2.52. The van der Waals surface area contributed by atoms with Crippen LogP contribution in [0.15, 0.2) is 34.8 Å². The number of anilines is 1. The summed E-state index contributed by atoms with van der Waals surface area (Å²) in [6, 6.07) is 3.79. The fraction of sp³-hybridized carbons (Fsp3) is 0.400. The van der Waals surface area contributed by atoms with Gasteiger partial charge in [-0.05, 0) is 59.3 Å². The maximum Gasteiger partial charge on any atom is 0.329 e. The van der Waals surface area contributed by atoms with E-state index in [0.717, 1.165) is 11.3 Å². The molecule has 0 unspecified atom stereocenters. The summed E-state index contributed by atoms with van der Waals surface area (Å²) in [6.45, 7) is 0.910. The highest BCUT2D eigenvalue weighted by Gasteiger charge is 2.60. The summed E-state index contributed by atoms with van der Waals surface area (Å²) in [5, 5.41) is 2.99. The van der Waals surface area contributed by atoms with E-state index in [1.54, 1.807) is 18.2 Å². The fourth-order valence-corrected chi connectivity index (χ4v) is 4.87. The third-order valence-electron chi connectivity index (χ3n) is 5.78. The van der Waals surface area contributed by atoms with Gasteiger partial charge in [0.15, 0.2) is 6.61 Å². The number of benzene rings is 1. The lowest BCUT2D eigenvalue weighted by molar-refractivity contribution is -0.159. The molecule has 0 radical (unpaired) electrons. The van der Waals surface area contributed by atoms with E-state index in [2.05, 4.69) is 21.2 Å². The number of fused-ring (bicyclic) bond motifs is 5. The zero-order chi connectivity index (χ0) is 20.9. The second-order valence-electron chi connectivity index (χ2n) is 7.51. The van der Waals surface area contributed by atoms with Crippen LogP contribution in [0, 0.1) is 23.7 Å². The molecule has 29 heavy (non-hydrogen) atoms. The first-order valence-electron chi connectivity index (χ1n) is 9.24. The minimum absolute atomic E-state index is 0.0678. The summed E-state index contributed by atoms with van der Waals surface area (Å²) in [6.07, 6.45) is 4.80. The van der Waals surface area contributed by atoms with Gasteiger partial charge in [-0.25, -0.2) is 4.79 Å². The van der Waals surface area contributed by atoms with Gasteiger partial charge in [-0.1, -0.05) is 23.8 Å². The van der Waals surface area contributed by atoms with E-state index >= 15 is 0 Å². The van der Waals surface area contributed by atoms with Crippen LogP contribution in [-0.4, -0.2) is 41.2 Å². The van der Waals surface area contributed by atoms with E-state index in [0.29, 0.717) is 15.2 Å². The molecule has 152 valence electrons. The van der Waals surface area contributed by atoms with Crippen LogP contribution in [-0.2, 0) is 23.9 Å². The van der Waals surface area contributed by atoms with Crippen molar-refractivity contribution in [3.05, 3.63) is 39.8 Å². The van der Waals surface area contributed by atoms with Crippen LogP contribution in [0.4, 0.5) is 5.69 Å². The Balaban J connectivity index is 1.34. The standard InChI is InChI=1S/C20H18BrClN2O5/c1-9(24-18(26)16-10-2-3-11(6-10)17(16)19(24)27)20(28)29-8-15(25)23-12-4-5-13(21)14(22)7-12/h2-5,7,9-11,16-17H,6,8H2,1H3,(H,23,25)/t9-,10+,11+,16+,17+/m1/s1. The number of hydrogen-bond donors (Lipinski definition) is 1. The number of likely N-dealkylation sites (tertiary alicyclic amines) is 1. The van der Waals surface area contributed by atoms with Crippen molar-refractivity contribution >= 4 is 56.9 Å². The first kappa shape index (κ1) is 20.1. The van der Waals surface area contributed by atoms with Crippen molar-refractivity contribution < 1.29 is 23.9 Å². The smallest absolute Gasteiger partial charge is 0.329 e. The number of amides is 3. The lowest BCUT2D eigenvalue weighted by atomic mass is 9.85. The number of ether oxygens (including phenoxy) is 1. The molecule has 7 nitrogen and oxygen atoms in total. The van der Waals surface area contributed by atoms with Gasteiger partial charge < -0.3 is 10.1 Å². The molecule has 3 aliphatic rings. The average molecular weight is 482 g/mol. The lowest BCUT2D eigenvalue weighted by Crippen LogP contribution is -2.45. The summed E-state index contributed by atoms with van der Waals surface area (Å²) in [4.78, 5) is 50.9. The molecule has 1 aromatic carbocycles. The molecule has 1 heterocycles. The largest absolute Gasteiger partial charge is 0.454 e. The number of rotatable bonds is 5. The first-order chi connectivity index (χ1) is 13.8. The lowest BCUT2D eigenvalue weighted by Gasteiger charge is -2.23. The van der Waals surface area contributed by atoms with E-state index in [1.165, 1.54) is 6.92 Å². The van der Waals surface area contributed by atoms with Crippen molar-refractivity contribution in [2.24, 2.45) is 23.7 Å². The number of nitrogens with one attached hydrogen (secondary N) is 1. The molecule has 1 saturated heterocycles. The summed E-state index contributed by atoms with van der Waals surface area (Å²) in [5.74, 6) is -2.61. The van der Waals surface area contributed by atoms with Gasteiger partial charge in [0, 0.05) is 10.2 Å². The Morgan fingerprint density at radius 2 is 1.86 bits per heavy atom. The monoisotopic (exact) mass is 480 g/mol. The minimum atomic E-state index is -1.07. The van der Waals surface area contributed by atoms with Crippen molar-refractivity contribution in [2.75, 3.05) is 11.9 Å². The molecule has 3 amide bonds. The summed E-state index contributed by atoms with van der Waals surface area (Å²) < 4.78 is 5.72. The highest BCUT2D eigenvalue weighted by atomic mass is 79.9. The number of carbonyl (C=O) groups is 4. The number of halogens is 2. The van der Waals surface area contributed by atoms with E-state index in [1.807, 2.05) is 12.2 Å². The van der Waals surface area contributed by atoms with Crippen molar-refractivity contribution in [1.82, 2.24) is 4.90 Å². The predicted molar refractivity (Wildman–Crippen MR) is 108 cm³/mol. The van der Waals surface area contributed by atoms with Gasteiger partial charge in [0.2, 0.25) is 11.8 Å². The summed E-state index contributed by atoms with van der Waals surface area (Å²) in [7, 11) is 0. The second-order valence-corrected chi connectivity index (χ2v) is 8.77. The van der Waals surface area contributed by atoms with Crippen LogP contribution < -0.4 is 5.32 Å². The van der Waals surface area contributed by atoms with Crippen molar-refractivity contribution in [3.63, 3.8) is 0 Å². The Hall–Kier alpha value is -2.19. The quantitative estimate of drug-likeness (QED) is 0.397. The van der Waals surface area contributed by atoms with Crippen LogP contribution >= 0.6 is 27.5 Å². The molecule has 2 aliphatic carbocycles. The van der Waals surface area contributed by atoms with Gasteiger partial charge in [0.25, 0.3) is 5.91 Å². The van der Waals surface area contributed by atoms with Crippen molar-refractivity contribution in [2.45, 2.75) is 19.4 Å². The Morgan fingerprint density at radius 1 is 1.24 bits per heavy atom. The third kappa shape index (κ3) is 3.48. The van der Waals surface area contributed by atoms with Crippen molar-refractivity contribution in [1.29, 1.82) is 0 Å². The SMILES string of the molecule is C[C@H](C(=O)OCC(=O)Nc1ccc(Br)c(Cl)c1)N1C(=O)[C@@H]2[C@@H](C1=O)[C@H]1C=C[C@H]2C1. The molecule has 1 saturated carbocycles. The Bertz CT molecular complexity index is 919. The maximum absolute atomic E-state index is 12.7. The fourth-order valence-electron chi connectivity index (χ4n) is 4.44. The third-order valence-corrected chi connectivity index (χ3v) is 7.01. The van der Waals surface area contributed by atoms with Crippen LogP contribution in [0.5, 0.6) is 0 Å². The summed E-state index contributed by atoms with van der Waals surface area (Å²) in [5.41, 5.74) is 0.452. The molecule has 9 heteroatoms. The van der Waals surface area contributed by atoms with Gasteiger partial charge in [0.05, 0.1) is 16.9 Å².